The molecule has 0 aliphatic heterocycles. The lowest BCUT2D eigenvalue weighted by Crippen LogP contribution is -2.23. The Morgan fingerprint density at radius 1 is 0.900 bits per heavy atom. The molecule has 0 aromatic heterocycles. The van der Waals surface area contributed by atoms with Gasteiger partial charge in [-0.1, -0.05) is 30.3 Å². The van der Waals surface area contributed by atoms with Crippen LogP contribution < -0.4 is 15.8 Å². The highest BCUT2D eigenvalue weighted by atomic mass is 32.2. The van der Waals surface area contributed by atoms with Gasteiger partial charge >= 0.3 is 0 Å². The Labute approximate surface area is 172 Å². The Bertz CT molecular complexity index is 1210. The normalized spacial score (nSPS) is 11.0. The zero-order valence-corrected chi connectivity index (χ0v) is 16.4. The number of amides is 2. The van der Waals surface area contributed by atoms with Gasteiger partial charge in [-0.15, -0.1) is 0 Å². The van der Waals surface area contributed by atoms with E-state index in [1.54, 1.807) is 24.3 Å². The van der Waals surface area contributed by atoms with E-state index in [4.69, 9.17) is 5.73 Å². The van der Waals surface area contributed by atoms with Gasteiger partial charge in [-0.2, -0.15) is 0 Å². The Morgan fingerprint density at radius 3 is 2.33 bits per heavy atom. The number of carbonyl (C=O) groups is 2. The number of benzene rings is 3. The van der Waals surface area contributed by atoms with Crippen LogP contribution in [-0.4, -0.2) is 20.2 Å². The average Bonchev–Trinajstić information content (AvgIpc) is 2.74. The van der Waals surface area contributed by atoms with Gasteiger partial charge < -0.3 is 11.1 Å². The van der Waals surface area contributed by atoms with Crippen molar-refractivity contribution in [2.75, 3.05) is 4.72 Å². The van der Waals surface area contributed by atoms with E-state index < -0.39 is 27.7 Å². The lowest BCUT2D eigenvalue weighted by atomic mass is 10.1. The maximum atomic E-state index is 13.8. The zero-order chi connectivity index (χ0) is 21.7. The molecular formula is C21H18FN3O4S. The second-order valence-electron chi connectivity index (χ2n) is 6.36. The first kappa shape index (κ1) is 21.0. The average molecular weight is 427 g/mol. The van der Waals surface area contributed by atoms with Gasteiger partial charge in [0, 0.05) is 17.7 Å². The maximum absolute atomic E-state index is 13.8. The van der Waals surface area contributed by atoms with Crippen molar-refractivity contribution in [3.05, 3.63) is 95.3 Å². The van der Waals surface area contributed by atoms with Gasteiger partial charge in [0.2, 0.25) is 5.91 Å². The van der Waals surface area contributed by atoms with E-state index in [0.29, 0.717) is 11.1 Å². The fraction of sp³-hybridized carbons (Fsp3) is 0.0476. The fourth-order valence-electron chi connectivity index (χ4n) is 2.67. The molecule has 4 N–H and O–H groups in total. The summed E-state index contributed by atoms with van der Waals surface area (Å²) in [5.41, 5.74) is 6.13. The molecular weight excluding hydrogens is 409 g/mol. The van der Waals surface area contributed by atoms with Crippen LogP contribution in [0.3, 0.4) is 0 Å². The van der Waals surface area contributed by atoms with Crippen molar-refractivity contribution >= 4 is 27.5 Å². The largest absolute Gasteiger partial charge is 0.366 e. The summed E-state index contributed by atoms with van der Waals surface area (Å²) >= 11 is 0. The fourth-order valence-corrected chi connectivity index (χ4v) is 3.78. The standard InChI is InChI=1S/C21H18FN3O4S/c22-18-9-1-2-10-19(18)25-30(28,29)17-8-4-7-16(12-17)21(27)24-13-14-5-3-6-15(11-14)20(23)26/h1-12,25H,13H2,(H2,23,26)(H,24,27). The van der Waals surface area contributed by atoms with Gasteiger partial charge in [0.05, 0.1) is 10.6 Å². The number of carbonyl (C=O) groups excluding carboxylic acids is 2. The number of para-hydroxylation sites is 1. The highest BCUT2D eigenvalue weighted by Gasteiger charge is 2.18. The summed E-state index contributed by atoms with van der Waals surface area (Å²) in [6.45, 7) is 0.115. The summed E-state index contributed by atoms with van der Waals surface area (Å²) in [5, 5.41) is 2.65. The summed E-state index contributed by atoms with van der Waals surface area (Å²) in [7, 11) is -4.10. The number of anilines is 1. The Balaban J connectivity index is 1.74. The molecule has 0 aliphatic rings. The molecule has 0 radical (unpaired) electrons. The molecule has 0 unspecified atom stereocenters. The van der Waals surface area contributed by atoms with E-state index in [2.05, 4.69) is 10.0 Å². The number of hydrogen-bond donors (Lipinski definition) is 3. The second kappa shape index (κ2) is 8.75. The number of rotatable bonds is 7. The lowest BCUT2D eigenvalue weighted by molar-refractivity contribution is 0.0950. The maximum Gasteiger partial charge on any atom is 0.262 e. The number of hydrogen-bond acceptors (Lipinski definition) is 4. The van der Waals surface area contributed by atoms with E-state index in [0.717, 1.165) is 6.07 Å². The minimum atomic E-state index is -4.10. The summed E-state index contributed by atoms with van der Waals surface area (Å²) in [4.78, 5) is 23.5. The number of nitrogens with two attached hydrogens (primary N) is 1. The van der Waals surface area contributed by atoms with Gasteiger partial charge in [0.15, 0.2) is 0 Å². The van der Waals surface area contributed by atoms with Crippen LogP contribution >= 0.6 is 0 Å². The van der Waals surface area contributed by atoms with E-state index in [1.807, 2.05) is 0 Å². The molecule has 2 amide bonds. The molecule has 7 nitrogen and oxygen atoms in total. The van der Waals surface area contributed by atoms with Crippen LogP contribution in [0, 0.1) is 5.82 Å². The van der Waals surface area contributed by atoms with Crippen molar-refractivity contribution in [3.63, 3.8) is 0 Å². The number of halogens is 1. The first-order valence-electron chi connectivity index (χ1n) is 8.80. The molecule has 3 aromatic carbocycles. The molecule has 30 heavy (non-hydrogen) atoms. The van der Waals surface area contributed by atoms with Crippen LogP contribution in [0.25, 0.3) is 0 Å². The first-order valence-corrected chi connectivity index (χ1v) is 10.3. The molecule has 3 rings (SSSR count). The van der Waals surface area contributed by atoms with Crippen LogP contribution in [0.2, 0.25) is 0 Å². The van der Waals surface area contributed by atoms with Crippen LogP contribution in [-0.2, 0) is 16.6 Å². The van der Waals surface area contributed by atoms with E-state index in [-0.39, 0.29) is 22.7 Å². The Kier molecular flexibility index (Phi) is 6.12. The van der Waals surface area contributed by atoms with Crippen LogP contribution in [0.15, 0.2) is 77.7 Å². The van der Waals surface area contributed by atoms with Crippen LogP contribution in [0.1, 0.15) is 26.3 Å². The van der Waals surface area contributed by atoms with E-state index in [1.165, 1.54) is 42.5 Å². The summed E-state index contributed by atoms with van der Waals surface area (Å²) < 4.78 is 41.0. The highest BCUT2D eigenvalue weighted by molar-refractivity contribution is 7.92. The number of sulfonamides is 1. The minimum absolute atomic E-state index is 0.109. The van der Waals surface area contributed by atoms with E-state index in [9.17, 15) is 22.4 Å². The highest BCUT2D eigenvalue weighted by Crippen LogP contribution is 2.19. The zero-order valence-electron chi connectivity index (χ0n) is 15.6. The number of nitrogens with one attached hydrogen (secondary N) is 2. The monoisotopic (exact) mass is 427 g/mol. The van der Waals surface area contributed by atoms with Crippen molar-refractivity contribution in [1.29, 1.82) is 0 Å². The van der Waals surface area contributed by atoms with Crippen LogP contribution in [0.5, 0.6) is 0 Å². The molecule has 9 heteroatoms. The lowest BCUT2D eigenvalue weighted by Gasteiger charge is -2.10. The summed E-state index contributed by atoms with van der Waals surface area (Å²) in [6.07, 6.45) is 0. The number of primary amides is 1. The minimum Gasteiger partial charge on any atom is -0.366 e. The molecule has 154 valence electrons. The predicted molar refractivity (Wildman–Crippen MR) is 110 cm³/mol. The molecule has 3 aromatic rings. The second-order valence-corrected chi connectivity index (χ2v) is 8.04. The third-order valence-electron chi connectivity index (χ3n) is 4.19. The van der Waals surface area contributed by atoms with Gasteiger partial charge in [-0.25, -0.2) is 12.8 Å². The molecule has 0 atom stereocenters. The van der Waals surface area contributed by atoms with Crippen molar-refractivity contribution in [1.82, 2.24) is 5.32 Å². The smallest absolute Gasteiger partial charge is 0.262 e. The van der Waals surface area contributed by atoms with Crippen molar-refractivity contribution in [2.45, 2.75) is 11.4 Å². The Morgan fingerprint density at radius 2 is 1.60 bits per heavy atom. The molecule has 0 spiro atoms. The molecule has 0 fully saturated rings. The van der Waals surface area contributed by atoms with Gasteiger partial charge in [0.25, 0.3) is 15.9 Å². The van der Waals surface area contributed by atoms with Gasteiger partial charge in [-0.05, 0) is 48.0 Å². The summed E-state index contributed by atoms with van der Waals surface area (Å²) in [5.74, 6) is -1.81. The third kappa shape index (κ3) is 5.00. The quantitative estimate of drug-likeness (QED) is 0.537. The molecule has 0 aliphatic carbocycles. The van der Waals surface area contributed by atoms with Crippen LogP contribution in [0.4, 0.5) is 10.1 Å². The topological polar surface area (TPSA) is 118 Å². The van der Waals surface area contributed by atoms with Crippen molar-refractivity contribution in [3.8, 4) is 0 Å². The molecule has 0 bridgehead atoms. The third-order valence-corrected chi connectivity index (χ3v) is 5.55. The molecule has 0 heterocycles. The van der Waals surface area contributed by atoms with Gasteiger partial charge in [-0.3, -0.25) is 14.3 Å². The molecule has 0 saturated heterocycles. The summed E-state index contributed by atoms with van der Waals surface area (Å²) in [6, 6.07) is 17.2. The van der Waals surface area contributed by atoms with Crippen molar-refractivity contribution in [2.24, 2.45) is 5.73 Å². The Hall–Kier alpha value is -3.72. The van der Waals surface area contributed by atoms with Gasteiger partial charge in [0.1, 0.15) is 5.82 Å². The SMILES string of the molecule is NC(=O)c1cccc(CNC(=O)c2cccc(S(=O)(=O)Nc3ccccc3F)c2)c1. The first-order chi connectivity index (χ1) is 14.3. The van der Waals surface area contributed by atoms with Crippen molar-refractivity contribution < 1.29 is 22.4 Å². The van der Waals surface area contributed by atoms with E-state index >= 15 is 0 Å². The molecule has 0 saturated carbocycles. The predicted octanol–water partition coefficient (Wildman–Crippen LogP) is 2.66.